The molecule has 0 saturated heterocycles. The van der Waals surface area contributed by atoms with Crippen molar-refractivity contribution in [1.29, 1.82) is 0 Å². The molecule has 0 saturated carbocycles. The molecule has 0 aromatic heterocycles. The minimum Gasteiger partial charge on any atom is -0.458 e. The quantitative estimate of drug-likeness (QED) is 0.275. The fourth-order valence-electron chi connectivity index (χ4n) is 0.569. The summed E-state index contributed by atoms with van der Waals surface area (Å²) < 4.78 is 9.07. The molecule has 0 unspecified atom stereocenters. The summed E-state index contributed by atoms with van der Waals surface area (Å²) in [6.07, 6.45) is 0. The van der Waals surface area contributed by atoms with Crippen molar-refractivity contribution in [3.8, 4) is 0 Å². The first-order valence-corrected chi connectivity index (χ1v) is 4.30. The second-order valence-corrected chi connectivity index (χ2v) is 2.73. The normalized spacial score (nSPS) is 8.38. The van der Waals surface area contributed by atoms with Crippen molar-refractivity contribution in [3.05, 3.63) is 11.1 Å². The van der Waals surface area contributed by atoms with Gasteiger partial charge in [0.2, 0.25) is 0 Å². The molecular weight excluding hydrogens is 216 g/mol. The van der Waals surface area contributed by atoms with Crippen molar-refractivity contribution >= 4 is 23.8 Å². The summed E-state index contributed by atoms with van der Waals surface area (Å²) >= 11 is 0. The Morgan fingerprint density at radius 3 is 1.44 bits per heavy atom. The van der Waals surface area contributed by atoms with E-state index in [1.54, 1.807) is 0 Å². The molecule has 0 amide bonds. The summed E-state index contributed by atoms with van der Waals surface area (Å²) in [5.74, 6) is 1.09. The summed E-state index contributed by atoms with van der Waals surface area (Å²) in [6.45, 7) is 2.10. The van der Waals surface area contributed by atoms with Crippen LogP contribution in [0.15, 0.2) is 11.1 Å². The molecule has 0 aromatic rings. The molecule has 0 heterocycles. The van der Waals surface area contributed by atoms with Crippen LogP contribution in [0.3, 0.4) is 0 Å². The number of hydrogen-bond acceptors (Lipinski definition) is 6. The first-order valence-electron chi connectivity index (χ1n) is 4.30. The monoisotopic (exact) mass is 226 g/mol. The minimum atomic E-state index is -0.825. The van der Waals surface area contributed by atoms with Crippen LogP contribution in [-0.2, 0) is 28.7 Å². The number of esters is 2. The lowest BCUT2D eigenvalue weighted by molar-refractivity contribution is -0.147. The van der Waals surface area contributed by atoms with Crippen molar-refractivity contribution in [1.82, 2.24) is 0 Å². The van der Waals surface area contributed by atoms with E-state index in [9.17, 15) is 19.2 Å². The van der Waals surface area contributed by atoms with Crippen LogP contribution in [0.25, 0.3) is 0 Å². The van der Waals surface area contributed by atoms with Gasteiger partial charge >= 0.3 is 11.9 Å². The molecule has 0 aliphatic rings. The largest absolute Gasteiger partial charge is 0.458 e. The molecule has 16 heavy (non-hydrogen) atoms. The Morgan fingerprint density at radius 1 is 0.875 bits per heavy atom. The Kier molecular flexibility index (Phi) is 6.21. The first-order chi connectivity index (χ1) is 7.52. The average molecular weight is 226 g/mol. The van der Waals surface area contributed by atoms with Crippen LogP contribution in [0, 0.1) is 0 Å². The number of carbonyl (C=O) groups excluding carboxylic acids is 4. The van der Waals surface area contributed by atoms with Crippen LogP contribution in [-0.4, -0.2) is 37.0 Å². The summed E-state index contributed by atoms with van der Waals surface area (Å²) in [5.41, 5.74) is -0.398. The SMILES string of the molecule is CC(=C=O)C(=O)OCCOC(=O)C(C)=C=O. The maximum Gasteiger partial charge on any atom is 0.345 e. The van der Waals surface area contributed by atoms with Crippen molar-refractivity contribution in [2.45, 2.75) is 13.8 Å². The molecule has 0 radical (unpaired) electrons. The van der Waals surface area contributed by atoms with Crippen molar-refractivity contribution in [3.63, 3.8) is 0 Å². The number of ether oxygens (including phenoxy) is 2. The zero-order valence-corrected chi connectivity index (χ0v) is 8.86. The van der Waals surface area contributed by atoms with Gasteiger partial charge in [-0.3, -0.25) is 0 Å². The maximum absolute atomic E-state index is 10.9. The second kappa shape index (κ2) is 7.17. The third-order valence-corrected chi connectivity index (χ3v) is 1.47. The molecule has 0 spiro atoms. The molecule has 0 aliphatic heterocycles. The molecular formula is C10H10O6. The second-order valence-electron chi connectivity index (χ2n) is 2.73. The van der Waals surface area contributed by atoms with E-state index in [-0.39, 0.29) is 24.4 Å². The molecule has 6 heteroatoms. The van der Waals surface area contributed by atoms with Gasteiger partial charge in [-0.15, -0.1) is 0 Å². The van der Waals surface area contributed by atoms with Gasteiger partial charge < -0.3 is 9.47 Å². The van der Waals surface area contributed by atoms with Gasteiger partial charge in [0.25, 0.3) is 0 Å². The summed E-state index contributed by atoms with van der Waals surface area (Å²) in [4.78, 5) is 41.8. The van der Waals surface area contributed by atoms with Crippen LogP contribution in [0.5, 0.6) is 0 Å². The predicted octanol–water partition coefficient (Wildman–Crippen LogP) is -0.371. The van der Waals surface area contributed by atoms with E-state index < -0.39 is 11.9 Å². The number of rotatable bonds is 5. The highest BCUT2D eigenvalue weighted by Gasteiger charge is 2.08. The minimum absolute atomic E-state index is 0.199. The maximum atomic E-state index is 10.9. The van der Waals surface area contributed by atoms with E-state index in [0.29, 0.717) is 0 Å². The Balaban J connectivity index is 3.86. The lowest BCUT2D eigenvalue weighted by Crippen LogP contribution is -2.15. The van der Waals surface area contributed by atoms with Crippen LogP contribution in [0.1, 0.15) is 13.8 Å². The van der Waals surface area contributed by atoms with Gasteiger partial charge in [-0.25, -0.2) is 19.2 Å². The van der Waals surface area contributed by atoms with Gasteiger partial charge in [0.1, 0.15) is 36.2 Å². The molecule has 86 valence electrons. The van der Waals surface area contributed by atoms with Gasteiger partial charge in [0.05, 0.1) is 0 Å². The van der Waals surface area contributed by atoms with E-state index in [2.05, 4.69) is 9.47 Å². The highest BCUT2D eigenvalue weighted by molar-refractivity contribution is 5.96. The Morgan fingerprint density at radius 2 is 1.19 bits per heavy atom. The smallest absolute Gasteiger partial charge is 0.345 e. The molecule has 0 bridgehead atoms. The Bertz CT molecular complexity index is 344. The van der Waals surface area contributed by atoms with Gasteiger partial charge in [-0.1, -0.05) is 0 Å². The van der Waals surface area contributed by atoms with E-state index in [0.717, 1.165) is 0 Å². The topological polar surface area (TPSA) is 86.7 Å². The highest BCUT2D eigenvalue weighted by Crippen LogP contribution is 1.93. The van der Waals surface area contributed by atoms with Crippen LogP contribution < -0.4 is 0 Å². The molecule has 0 fully saturated rings. The molecule has 0 atom stereocenters. The molecule has 6 nitrogen and oxygen atoms in total. The van der Waals surface area contributed by atoms with E-state index in [1.807, 2.05) is 0 Å². The van der Waals surface area contributed by atoms with Gasteiger partial charge in [-0.05, 0) is 13.8 Å². The predicted molar refractivity (Wildman–Crippen MR) is 51.7 cm³/mol. The van der Waals surface area contributed by atoms with Gasteiger partial charge in [-0.2, -0.15) is 0 Å². The Labute approximate surface area is 91.5 Å². The average Bonchev–Trinajstić information content (AvgIpc) is 2.31. The highest BCUT2D eigenvalue weighted by atomic mass is 16.6. The lowest BCUT2D eigenvalue weighted by atomic mass is 10.3. The fourth-order valence-corrected chi connectivity index (χ4v) is 0.569. The van der Waals surface area contributed by atoms with E-state index in [4.69, 9.17) is 0 Å². The summed E-state index contributed by atoms with van der Waals surface area (Å²) in [7, 11) is 0. The van der Waals surface area contributed by atoms with Gasteiger partial charge in [0.15, 0.2) is 0 Å². The first kappa shape index (κ1) is 13.8. The molecule has 0 N–H and O–H groups in total. The van der Waals surface area contributed by atoms with E-state index in [1.165, 1.54) is 25.7 Å². The van der Waals surface area contributed by atoms with Crippen molar-refractivity contribution in [2.24, 2.45) is 0 Å². The van der Waals surface area contributed by atoms with Crippen LogP contribution in [0.4, 0.5) is 0 Å². The Hall–Kier alpha value is -2.16. The van der Waals surface area contributed by atoms with Crippen LogP contribution in [0.2, 0.25) is 0 Å². The van der Waals surface area contributed by atoms with Crippen molar-refractivity contribution in [2.75, 3.05) is 13.2 Å². The molecule has 0 aliphatic carbocycles. The van der Waals surface area contributed by atoms with Crippen molar-refractivity contribution < 1.29 is 28.7 Å². The number of carbonyl (C=O) groups is 2. The standard InChI is InChI=1S/C10H10O6/c1-7(5-11)9(13)15-3-4-16-10(14)8(2)6-12/h3-4H2,1-2H3. The van der Waals surface area contributed by atoms with E-state index >= 15 is 0 Å². The number of hydrogen-bond donors (Lipinski definition) is 0. The third-order valence-electron chi connectivity index (χ3n) is 1.47. The van der Waals surface area contributed by atoms with Gasteiger partial charge in [0, 0.05) is 0 Å². The lowest BCUT2D eigenvalue weighted by Gasteiger charge is -2.04. The summed E-state index contributed by atoms with van der Waals surface area (Å²) in [6, 6.07) is 0. The zero-order valence-electron chi connectivity index (χ0n) is 8.86. The third kappa shape index (κ3) is 4.91. The van der Waals surface area contributed by atoms with Crippen LogP contribution >= 0.6 is 0 Å². The zero-order chi connectivity index (χ0) is 12.6. The summed E-state index contributed by atoms with van der Waals surface area (Å²) in [5, 5.41) is 0. The molecule has 0 rings (SSSR count). The fraction of sp³-hybridized carbons (Fsp3) is 0.400. The molecule has 0 aromatic carbocycles.